The van der Waals surface area contributed by atoms with E-state index in [2.05, 4.69) is 39.8 Å². The van der Waals surface area contributed by atoms with Gasteiger partial charge in [-0.15, -0.1) is 0 Å². The lowest BCUT2D eigenvalue weighted by Gasteiger charge is -2.64. The van der Waals surface area contributed by atoms with E-state index in [9.17, 15) is 4.79 Å². The molecule has 1 saturated heterocycles. The first kappa shape index (κ1) is 21.1. The maximum Gasteiger partial charge on any atom is 0.305 e. The first-order chi connectivity index (χ1) is 13.7. The molecule has 4 nitrogen and oxygen atoms in total. The Kier molecular flexibility index (Phi) is 5.26. The summed E-state index contributed by atoms with van der Waals surface area (Å²) in [6, 6.07) is 0. The largest absolute Gasteiger partial charge is 0.469 e. The third-order valence-electron chi connectivity index (χ3n) is 8.93. The molecule has 4 aliphatic rings. The van der Waals surface area contributed by atoms with Gasteiger partial charge in [-0.3, -0.25) is 4.79 Å². The summed E-state index contributed by atoms with van der Waals surface area (Å²) in [5.41, 5.74) is 3.46. The van der Waals surface area contributed by atoms with Crippen LogP contribution in [0.25, 0.3) is 0 Å². The number of methoxy groups -OCH3 is 1. The van der Waals surface area contributed by atoms with Crippen LogP contribution in [0.3, 0.4) is 0 Å². The van der Waals surface area contributed by atoms with Crippen LogP contribution in [0.1, 0.15) is 79.1 Å². The summed E-state index contributed by atoms with van der Waals surface area (Å²) in [4.78, 5) is 11.6. The van der Waals surface area contributed by atoms with Crippen molar-refractivity contribution in [2.24, 2.45) is 22.2 Å². The topological polar surface area (TPSA) is 44.8 Å². The van der Waals surface area contributed by atoms with Crippen LogP contribution in [0.4, 0.5) is 0 Å². The molecule has 0 radical (unpaired) electrons. The first-order valence-electron chi connectivity index (χ1n) is 11.4. The summed E-state index contributed by atoms with van der Waals surface area (Å²) in [5.74, 6) is 0.0278. The quantitative estimate of drug-likeness (QED) is 0.457. The fraction of sp³-hybridized carbons (Fsp3) is 0.800. The van der Waals surface area contributed by atoms with Gasteiger partial charge in [-0.2, -0.15) is 0 Å². The van der Waals surface area contributed by atoms with Crippen LogP contribution in [0, 0.1) is 22.2 Å². The molecule has 3 atom stereocenters. The molecule has 0 aromatic heterocycles. The van der Waals surface area contributed by atoms with Crippen LogP contribution < -0.4 is 0 Å². The minimum atomic E-state index is -0.403. The standard InChI is InChI=1S/C25H38O4/c1-22(2)19-12-13-23(3)18(9-7-11-21(26)27-5)8-6-10-20(23)24(19,4)14-15-25(22)28-16-17-29-25/h9-10,19H,6-8,11-17H2,1-5H3/t19-,23-,24-/m0/s1. The number of esters is 1. The van der Waals surface area contributed by atoms with Crippen LogP contribution >= 0.6 is 0 Å². The third kappa shape index (κ3) is 3.05. The highest BCUT2D eigenvalue weighted by molar-refractivity contribution is 5.69. The molecule has 162 valence electrons. The zero-order chi connectivity index (χ0) is 20.9. The van der Waals surface area contributed by atoms with Crippen molar-refractivity contribution in [3.05, 3.63) is 23.3 Å². The van der Waals surface area contributed by atoms with Crippen LogP contribution in [-0.4, -0.2) is 32.1 Å². The van der Waals surface area contributed by atoms with Gasteiger partial charge in [0.1, 0.15) is 0 Å². The van der Waals surface area contributed by atoms with Gasteiger partial charge in [-0.1, -0.05) is 51.0 Å². The Hall–Kier alpha value is -1.13. The van der Waals surface area contributed by atoms with Gasteiger partial charge in [-0.05, 0) is 49.9 Å². The number of fused-ring (bicyclic) bond motifs is 3. The van der Waals surface area contributed by atoms with Crippen molar-refractivity contribution in [3.63, 3.8) is 0 Å². The molecule has 3 fully saturated rings. The van der Waals surface area contributed by atoms with Crippen molar-refractivity contribution in [2.75, 3.05) is 20.3 Å². The monoisotopic (exact) mass is 402 g/mol. The van der Waals surface area contributed by atoms with E-state index >= 15 is 0 Å². The van der Waals surface area contributed by atoms with Crippen LogP contribution in [0.2, 0.25) is 0 Å². The highest BCUT2D eigenvalue weighted by Gasteiger charge is 2.65. The maximum absolute atomic E-state index is 11.6. The van der Waals surface area contributed by atoms with Crippen molar-refractivity contribution in [2.45, 2.75) is 84.8 Å². The van der Waals surface area contributed by atoms with Gasteiger partial charge in [0.05, 0.1) is 20.3 Å². The number of allylic oxidation sites excluding steroid dienone is 4. The molecule has 1 aliphatic heterocycles. The van der Waals surface area contributed by atoms with E-state index in [0.29, 0.717) is 12.3 Å². The number of rotatable bonds is 3. The van der Waals surface area contributed by atoms with E-state index in [-0.39, 0.29) is 22.2 Å². The summed E-state index contributed by atoms with van der Waals surface area (Å²) >= 11 is 0. The minimum absolute atomic E-state index is 0.00905. The second kappa shape index (κ2) is 7.23. The van der Waals surface area contributed by atoms with Crippen molar-refractivity contribution < 1.29 is 19.0 Å². The molecular formula is C25H38O4. The van der Waals surface area contributed by atoms with Crippen LogP contribution in [-0.2, 0) is 19.0 Å². The number of carbonyl (C=O) groups is 1. The summed E-state index contributed by atoms with van der Waals surface area (Å²) in [6.45, 7) is 11.1. The second-order valence-electron chi connectivity index (χ2n) is 10.5. The van der Waals surface area contributed by atoms with E-state index < -0.39 is 5.79 Å². The SMILES string of the molecule is COC(=O)CCC=C1CCC=C2[C@@]1(C)CC[C@H]1C(C)(C)C3(CC[C@]21C)OCCO3. The number of carbonyl (C=O) groups excluding carboxylic acids is 1. The van der Waals surface area contributed by atoms with Gasteiger partial charge in [-0.25, -0.2) is 0 Å². The molecular weight excluding hydrogens is 364 g/mol. The highest BCUT2D eigenvalue weighted by atomic mass is 16.7. The Morgan fingerprint density at radius 3 is 2.59 bits per heavy atom. The average Bonchev–Trinajstić information content (AvgIpc) is 3.17. The lowest BCUT2D eigenvalue weighted by atomic mass is 9.42. The molecule has 0 aromatic carbocycles. The van der Waals surface area contributed by atoms with Crippen LogP contribution in [0.5, 0.6) is 0 Å². The smallest absolute Gasteiger partial charge is 0.305 e. The van der Waals surface area contributed by atoms with Crippen molar-refractivity contribution in [3.8, 4) is 0 Å². The molecule has 0 amide bonds. The third-order valence-corrected chi connectivity index (χ3v) is 8.93. The van der Waals surface area contributed by atoms with Gasteiger partial charge in [0, 0.05) is 23.7 Å². The predicted molar refractivity (Wildman–Crippen MR) is 113 cm³/mol. The van der Waals surface area contributed by atoms with Crippen molar-refractivity contribution in [1.29, 1.82) is 0 Å². The predicted octanol–water partition coefficient (Wildman–Crippen LogP) is 5.57. The molecule has 3 aliphatic carbocycles. The Labute approximate surface area is 176 Å². The Bertz CT molecular complexity index is 727. The Balaban J connectivity index is 1.63. The highest BCUT2D eigenvalue weighted by Crippen LogP contribution is 2.69. The van der Waals surface area contributed by atoms with Crippen LogP contribution in [0.15, 0.2) is 23.3 Å². The number of hydrogen-bond donors (Lipinski definition) is 0. The van der Waals surface area contributed by atoms with E-state index in [1.807, 2.05) is 0 Å². The molecule has 29 heavy (non-hydrogen) atoms. The zero-order valence-electron chi connectivity index (χ0n) is 18.9. The van der Waals surface area contributed by atoms with E-state index in [1.165, 1.54) is 25.5 Å². The van der Waals surface area contributed by atoms with Gasteiger partial charge in [0.15, 0.2) is 5.79 Å². The average molecular weight is 403 g/mol. The van der Waals surface area contributed by atoms with Crippen molar-refractivity contribution in [1.82, 2.24) is 0 Å². The summed E-state index contributed by atoms with van der Waals surface area (Å²) in [6.07, 6.45) is 12.8. The Morgan fingerprint density at radius 1 is 1.17 bits per heavy atom. The maximum atomic E-state index is 11.6. The number of ether oxygens (including phenoxy) is 3. The molecule has 4 heteroatoms. The van der Waals surface area contributed by atoms with Gasteiger partial charge in [0.2, 0.25) is 0 Å². The summed E-state index contributed by atoms with van der Waals surface area (Å²) in [5, 5.41) is 0. The normalized spacial score (nSPS) is 39.0. The molecule has 2 saturated carbocycles. The lowest BCUT2D eigenvalue weighted by molar-refractivity contribution is -0.284. The fourth-order valence-corrected chi connectivity index (χ4v) is 7.39. The molecule has 1 heterocycles. The molecule has 0 unspecified atom stereocenters. The van der Waals surface area contributed by atoms with Crippen molar-refractivity contribution >= 4 is 5.97 Å². The Morgan fingerprint density at radius 2 is 1.90 bits per heavy atom. The molecule has 0 aromatic rings. The molecule has 0 N–H and O–H groups in total. The minimum Gasteiger partial charge on any atom is -0.469 e. The second-order valence-corrected chi connectivity index (χ2v) is 10.5. The first-order valence-corrected chi connectivity index (χ1v) is 11.4. The van der Waals surface area contributed by atoms with E-state index in [1.54, 1.807) is 5.57 Å². The van der Waals surface area contributed by atoms with Gasteiger partial charge in [0.25, 0.3) is 0 Å². The fourth-order valence-electron chi connectivity index (χ4n) is 7.39. The lowest BCUT2D eigenvalue weighted by Crippen LogP contribution is -2.61. The zero-order valence-corrected chi connectivity index (χ0v) is 18.9. The van der Waals surface area contributed by atoms with E-state index in [4.69, 9.17) is 14.2 Å². The van der Waals surface area contributed by atoms with Gasteiger partial charge < -0.3 is 14.2 Å². The summed E-state index contributed by atoms with van der Waals surface area (Å²) < 4.78 is 17.3. The van der Waals surface area contributed by atoms with E-state index in [0.717, 1.165) is 45.3 Å². The molecule has 1 spiro atoms. The molecule has 0 bridgehead atoms. The molecule has 4 rings (SSSR count). The van der Waals surface area contributed by atoms with Gasteiger partial charge >= 0.3 is 5.97 Å². The number of hydrogen-bond acceptors (Lipinski definition) is 4. The summed E-state index contributed by atoms with van der Waals surface area (Å²) in [7, 11) is 1.47.